The third-order valence-electron chi connectivity index (χ3n) is 0. The van der Waals surface area contributed by atoms with Crippen molar-refractivity contribution < 1.29 is 0 Å². The zero-order valence-electron chi connectivity index (χ0n) is 4.52. The molecule has 0 aromatic heterocycles. The standard InChI is InChI=1S/2Cl3Ge.Cl2Ge/c2*1-4(2)3;1-3-2. The van der Waals surface area contributed by atoms with Gasteiger partial charge < -0.3 is 0 Å². The second kappa shape index (κ2) is 19.5. The Balaban J connectivity index is -0.0000000886. The zero-order valence-corrected chi connectivity index (χ0v) is 16.9. The number of hydrogen-bond acceptors (Lipinski definition) is 0. The first-order valence-electron chi connectivity index (χ1n) is 1.51. The summed E-state index contributed by atoms with van der Waals surface area (Å²) in [6, 6.07) is 0. The minimum absolute atomic E-state index is 0.556. The normalized spacial score (nSPS) is 8.18. The van der Waals surface area contributed by atoms with Crippen LogP contribution < -0.4 is 0 Å². The third kappa shape index (κ3) is 128. The summed E-state index contributed by atoms with van der Waals surface area (Å²) in [5.41, 5.74) is 0. The van der Waals surface area contributed by atoms with E-state index >= 15 is 0 Å². The molecule has 0 nitrogen and oxygen atoms in total. The SMILES string of the molecule is [Cl][Ge]([Cl])[Cl].[Cl][Ge]([Cl])[Cl].[Cl][Ge][Cl]. The molecule has 0 atom stereocenters. The Labute approximate surface area is 115 Å². The molecule has 0 unspecified atom stereocenters. The van der Waals surface area contributed by atoms with Crippen LogP contribution in [-0.2, 0) is 0 Å². The van der Waals surface area contributed by atoms with Gasteiger partial charge in [-0.15, -0.1) is 0 Å². The number of hydrogen-bond donors (Lipinski definition) is 0. The Morgan fingerprint density at radius 2 is 0.636 bits per heavy atom. The van der Waals surface area contributed by atoms with Crippen molar-refractivity contribution in [3.8, 4) is 0 Å². The molecule has 0 aromatic carbocycles. The first-order valence-corrected chi connectivity index (χ1v) is 23.6. The number of rotatable bonds is 0. The first-order chi connectivity index (χ1) is 4.88. The summed E-state index contributed by atoms with van der Waals surface area (Å²) >= 11 is -4.39. The van der Waals surface area contributed by atoms with Crippen molar-refractivity contribution in [2.45, 2.75) is 0 Å². The fourth-order valence-corrected chi connectivity index (χ4v) is 0. The van der Waals surface area contributed by atoms with E-state index in [1.54, 1.807) is 0 Å². The average Bonchev–Trinajstić information content (AvgIpc) is 1.60. The molecule has 4 radical (unpaired) electrons. The van der Waals surface area contributed by atoms with Gasteiger partial charge in [0.2, 0.25) is 0 Å². The molecule has 0 rings (SSSR count). The van der Waals surface area contributed by atoms with Crippen LogP contribution in [0.4, 0.5) is 0 Å². The van der Waals surface area contributed by atoms with Gasteiger partial charge in [-0.3, -0.25) is 0 Å². The van der Waals surface area contributed by atoms with E-state index in [1.165, 1.54) is 0 Å². The summed E-state index contributed by atoms with van der Waals surface area (Å²) in [6.45, 7) is 0. The molecule has 11 heavy (non-hydrogen) atoms. The molecule has 68 valence electrons. The van der Waals surface area contributed by atoms with Gasteiger partial charge in [0, 0.05) is 0 Å². The summed E-state index contributed by atoms with van der Waals surface area (Å²) in [5, 5.41) is 0. The fraction of sp³-hybridized carbons (Fsp3) is 0. The van der Waals surface area contributed by atoms with Crippen LogP contribution >= 0.6 is 80.1 Å². The topological polar surface area (TPSA) is 0 Å². The quantitative estimate of drug-likeness (QED) is 0.433. The molecular formula is Cl8Ge3. The van der Waals surface area contributed by atoms with Gasteiger partial charge in [-0.1, -0.05) is 0 Å². The molecule has 0 N–H and O–H groups in total. The molecule has 11 heteroatoms. The van der Waals surface area contributed by atoms with Crippen LogP contribution in [0.25, 0.3) is 0 Å². The average molecular weight is 501 g/mol. The van der Waals surface area contributed by atoms with Crippen molar-refractivity contribution in [2.75, 3.05) is 0 Å². The molecule has 0 fully saturated rings. The van der Waals surface area contributed by atoms with Gasteiger partial charge in [-0.05, 0) is 0 Å². The molecule has 0 bridgehead atoms. The van der Waals surface area contributed by atoms with E-state index in [9.17, 15) is 0 Å². The van der Waals surface area contributed by atoms with Crippen molar-refractivity contribution in [1.29, 1.82) is 0 Å². The van der Waals surface area contributed by atoms with Crippen LogP contribution in [0.2, 0.25) is 0 Å². The summed E-state index contributed by atoms with van der Waals surface area (Å²) < 4.78 is 0. The maximum atomic E-state index is 4.97. The molecule has 0 amide bonds. The van der Waals surface area contributed by atoms with Gasteiger partial charge in [0.1, 0.15) is 0 Å². The monoisotopic (exact) mass is 502 g/mol. The van der Waals surface area contributed by atoms with Gasteiger partial charge in [0.05, 0.1) is 0 Å². The fourth-order valence-electron chi connectivity index (χ4n) is 0. The minimum atomic E-state index is -1.92. The second-order valence-electron chi connectivity index (χ2n) is 0.500. The van der Waals surface area contributed by atoms with E-state index < -0.39 is 36.7 Å². The Morgan fingerprint density at radius 3 is 0.636 bits per heavy atom. The summed E-state index contributed by atoms with van der Waals surface area (Å²) in [4.78, 5) is 0. The molecular weight excluding hydrogens is 501 g/mol. The van der Waals surface area contributed by atoms with E-state index in [-0.39, 0.29) is 0 Å². The summed E-state index contributed by atoms with van der Waals surface area (Å²) in [5.74, 6) is 0. The predicted molar refractivity (Wildman–Crippen MR) is 64.1 cm³/mol. The molecule has 0 aliphatic rings. The van der Waals surface area contributed by atoms with Crippen molar-refractivity contribution in [3.63, 3.8) is 0 Å². The Morgan fingerprint density at radius 1 is 0.636 bits per heavy atom. The van der Waals surface area contributed by atoms with Crippen LogP contribution in [-0.4, -0.2) is 36.7 Å². The van der Waals surface area contributed by atoms with Crippen LogP contribution in [0.1, 0.15) is 0 Å². The van der Waals surface area contributed by atoms with Gasteiger partial charge in [-0.2, -0.15) is 0 Å². The van der Waals surface area contributed by atoms with Crippen molar-refractivity contribution in [3.05, 3.63) is 0 Å². The number of halogens is 8. The molecule has 0 heterocycles. The van der Waals surface area contributed by atoms with Gasteiger partial charge in [-0.25, -0.2) is 0 Å². The molecule has 0 saturated heterocycles. The molecule has 0 saturated carbocycles. The third-order valence-corrected chi connectivity index (χ3v) is 0. The van der Waals surface area contributed by atoms with Gasteiger partial charge in [0.25, 0.3) is 0 Å². The molecule has 0 aromatic rings. The zero-order chi connectivity index (χ0) is 9.86. The van der Waals surface area contributed by atoms with Crippen molar-refractivity contribution in [2.24, 2.45) is 0 Å². The van der Waals surface area contributed by atoms with E-state index in [0.717, 1.165) is 0 Å². The maximum absolute atomic E-state index is 4.97. The molecule has 0 aliphatic heterocycles. The Kier molecular flexibility index (Phi) is 36.1. The summed E-state index contributed by atoms with van der Waals surface area (Å²) in [6.07, 6.45) is 0. The van der Waals surface area contributed by atoms with Crippen molar-refractivity contribution in [1.82, 2.24) is 0 Å². The Bertz CT molecular complexity index is 33.1. The molecule has 0 aliphatic carbocycles. The van der Waals surface area contributed by atoms with E-state index in [2.05, 4.69) is 0 Å². The second-order valence-corrected chi connectivity index (χ2v) is 23.4. The predicted octanol–water partition coefficient (Wildman–Crippen LogP) is 4.37. The van der Waals surface area contributed by atoms with Gasteiger partial charge >= 0.3 is 117 Å². The van der Waals surface area contributed by atoms with E-state index in [0.29, 0.717) is 0 Å². The van der Waals surface area contributed by atoms with Crippen LogP contribution in [0.5, 0.6) is 0 Å². The molecule has 0 spiro atoms. The van der Waals surface area contributed by atoms with Crippen LogP contribution in [0.3, 0.4) is 0 Å². The van der Waals surface area contributed by atoms with Crippen LogP contribution in [0.15, 0.2) is 0 Å². The Hall–Kier alpha value is 3.95. The van der Waals surface area contributed by atoms with E-state index in [4.69, 9.17) is 80.1 Å². The van der Waals surface area contributed by atoms with Crippen LogP contribution in [0, 0.1) is 0 Å². The van der Waals surface area contributed by atoms with Crippen molar-refractivity contribution >= 4 is 117 Å². The van der Waals surface area contributed by atoms with Gasteiger partial charge in [0.15, 0.2) is 0 Å². The summed E-state index contributed by atoms with van der Waals surface area (Å²) in [7, 11) is 39.6. The first kappa shape index (κ1) is 20.4. The van der Waals surface area contributed by atoms with E-state index in [1.807, 2.05) is 0 Å².